The second-order valence-corrected chi connectivity index (χ2v) is 11.2. The van der Waals surface area contributed by atoms with Crippen LogP contribution in [-0.2, 0) is 4.74 Å². The fourth-order valence-corrected chi connectivity index (χ4v) is 4.48. The predicted octanol–water partition coefficient (Wildman–Crippen LogP) is 4.58. The third-order valence-electron chi connectivity index (χ3n) is 2.39. The molecule has 0 aliphatic rings. The molecule has 0 bridgehead atoms. The molecule has 1 unspecified atom stereocenters. The molecular weight excluding hydrogens is 224 g/mol. The Hall–Kier alpha value is 0.207. The molecule has 0 aliphatic heterocycles. The van der Waals surface area contributed by atoms with Gasteiger partial charge in [-0.1, -0.05) is 38.5 Å². The van der Waals surface area contributed by atoms with Gasteiger partial charge in [-0.25, -0.2) is 0 Å². The SMILES string of the molecule is C=C(C)COCCC[Si](C)(Cl)CCCC. The van der Waals surface area contributed by atoms with Gasteiger partial charge >= 0.3 is 0 Å². The summed E-state index contributed by atoms with van der Waals surface area (Å²) < 4.78 is 5.46. The van der Waals surface area contributed by atoms with Crippen LogP contribution in [0, 0.1) is 0 Å². The van der Waals surface area contributed by atoms with E-state index < -0.39 is 7.38 Å². The lowest BCUT2D eigenvalue weighted by molar-refractivity contribution is 0.157. The molecule has 0 aromatic heterocycles. The molecule has 0 amide bonds. The molecule has 0 spiro atoms. The van der Waals surface area contributed by atoms with Gasteiger partial charge in [-0.15, -0.1) is 0 Å². The zero-order valence-corrected chi connectivity index (χ0v) is 12.2. The fourth-order valence-electron chi connectivity index (χ4n) is 1.46. The number of hydrogen-bond donors (Lipinski definition) is 0. The van der Waals surface area contributed by atoms with E-state index in [-0.39, 0.29) is 0 Å². The van der Waals surface area contributed by atoms with E-state index in [1.165, 1.54) is 24.9 Å². The summed E-state index contributed by atoms with van der Waals surface area (Å²) in [5, 5.41) is 0. The molecule has 90 valence electrons. The van der Waals surface area contributed by atoms with Gasteiger partial charge in [0.15, 0.2) is 7.38 Å². The Morgan fingerprint density at radius 2 is 1.93 bits per heavy atom. The van der Waals surface area contributed by atoms with Gasteiger partial charge in [0.25, 0.3) is 0 Å². The summed E-state index contributed by atoms with van der Waals surface area (Å²) in [5.74, 6) is 0. The first-order valence-electron chi connectivity index (χ1n) is 5.89. The van der Waals surface area contributed by atoms with Gasteiger partial charge in [-0.2, -0.15) is 11.1 Å². The quantitative estimate of drug-likeness (QED) is 0.251. The zero-order valence-electron chi connectivity index (χ0n) is 10.4. The van der Waals surface area contributed by atoms with Crippen LogP contribution < -0.4 is 0 Å². The van der Waals surface area contributed by atoms with Crippen molar-refractivity contribution in [2.75, 3.05) is 13.2 Å². The Balaban J connectivity index is 3.43. The number of hydrogen-bond acceptors (Lipinski definition) is 1. The first-order chi connectivity index (χ1) is 6.98. The summed E-state index contributed by atoms with van der Waals surface area (Å²) in [5.41, 5.74) is 1.09. The molecule has 1 atom stereocenters. The Morgan fingerprint density at radius 3 is 2.47 bits per heavy atom. The molecule has 0 saturated heterocycles. The standard InChI is InChI=1S/C12H25ClOSi/c1-5-6-9-15(4,13)10-7-8-14-11-12(2)3/h2,5-11H2,1,3-4H3. The van der Waals surface area contributed by atoms with Crippen molar-refractivity contribution in [1.29, 1.82) is 0 Å². The van der Waals surface area contributed by atoms with E-state index in [1.54, 1.807) is 0 Å². The van der Waals surface area contributed by atoms with Crippen LogP contribution in [0.4, 0.5) is 0 Å². The van der Waals surface area contributed by atoms with Crippen molar-refractivity contribution >= 4 is 18.5 Å². The lowest BCUT2D eigenvalue weighted by atomic mass is 10.4. The Kier molecular flexibility index (Phi) is 8.48. The van der Waals surface area contributed by atoms with E-state index in [0.29, 0.717) is 6.61 Å². The molecular formula is C12H25ClOSi. The first-order valence-corrected chi connectivity index (χ1v) is 9.81. The highest BCUT2D eigenvalue weighted by Gasteiger charge is 2.22. The molecule has 15 heavy (non-hydrogen) atoms. The van der Waals surface area contributed by atoms with Crippen LogP contribution in [0.1, 0.15) is 33.1 Å². The van der Waals surface area contributed by atoms with Gasteiger partial charge in [0, 0.05) is 6.61 Å². The van der Waals surface area contributed by atoms with Crippen molar-refractivity contribution in [2.24, 2.45) is 0 Å². The maximum absolute atomic E-state index is 6.52. The first kappa shape index (κ1) is 15.2. The molecule has 0 aliphatic carbocycles. The van der Waals surface area contributed by atoms with E-state index in [0.717, 1.165) is 18.6 Å². The average molecular weight is 249 g/mol. The maximum atomic E-state index is 6.52. The minimum atomic E-state index is -1.43. The summed E-state index contributed by atoms with van der Waals surface area (Å²) in [4.78, 5) is 0. The van der Waals surface area contributed by atoms with Crippen molar-refractivity contribution in [3.8, 4) is 0 Å². The summed E-state index contributed by atoms with van der Waals surface area (Å²) in [6.45, 7) is 11.8. The molecule has 3 heteroatoms. The van der Waals surface area contributed by atoms with Crippen LogP contribution in [0.3, 0.4) is 0 Å². The van der Waals surface area contributed by atoms with Crippen molar-refractivity contribution in [1.82, 2.24) is 0 Å². The molecule has 0 heterocycles. The highest BCUT2D eigenvalue weighted by atomic mass is 35.6. The lowest BCUT2D eigenvalue weighted by Crippen LogP contribution is -2.22. The van der Waals surface area contributed by atoms with Crippen LogP contribution in [0.25, 0.3) is 0 Å². The van der Waals surface area contributed by atoms with E-state index >= 15 is 0 Å². The van der Waals surface area contributed by atoms with E-state index in [2.05, 4.69) is 20.0 Å². The van der Waals surface area contributed by atoms with Crippen LogP contribution >= 0.6 is 11.1 Å². The van der Waals surface area contributed by atoms with Crippen molar-refractivity contribution in [3.05, 3.63) is 12.2 Å². The zero-order chi connectivity index (χ0) is 11.7. The second kappa shape index (κ2) is 8.37. The van der Waals surface area contributed by atoms with Gasteiger partial charge in [-0.3, -0.25) is 0 Å². The minimum absolute atomic E-state index is 0.690. The molecule has 0 saturated carbocycles. The Labute approximate surface area is 101 Å². The van der Waals surface area contributed by atoms with Crippen molar-refractivity contribution < 1.29 is 4.74 Å². The van der Waals surface area contributed by atoms with Crippen LogP contribution in [0.5, 0.6) is 0 Å². The number of unbranched alkanes of at least 4 members (excludes halogenated alkanes) is 1. The van der Waals surface area contributed by atoms with Crippen LogP contribution in [-0.4, -0.2) is 20.6 Å². The summed E-state index contributed by atoms with van der Waals surface area (Å²) in [6.07, 6.45) is 3.63. The maximum Gasteiger partial charge on any atom is 0.153 e. The highest BCUT2D eigenvalue weighted by Crippen LogP contribution is 2.24. The largest absolute Gasteiger partial charge is 0.377 e. The Morgan fingerprint density at radius 1 is 1.33 bits per heavy atom. The van der Waals surface area contributed by atoms with Gasteiger partial charge in [0.05, 0.1) is 6.61 Å². The summed E-state index contributed by atoms with van der Waals surface area (Å²) in [6, 6.07) is 2.41. The number of halogens is 1. The molecule has 1 nitrogen and oxygen atoms in total. The van der Waals surface area contributed by atoms with E-state index in [4.69, 9.17) is 15.8 Å². The summed E-state index contributed by atoms with van der Waals surface area (Å²) in [7, 11) is -1.43. The van der Waals surface area contributed by atoms with E-state index in [1.807, 2.05) is 6.92 Å². The lowest BCUT2D eigenvalue weighted by Gasteiger charge is -2.18. The molecule has 0 N–H and O–H groups in total. The van der Waals surface area contributed by atoms with Gasteiger partial charge in [0.2, 0.25) is 0 Å². The molecule has 0 fully saturated rings. The minimum Gasteiger partial charge on any atom is -0.377 e. The molecule has 0 rings (SSSR count). The van der Waals surface area contributed by atoms with Crippen LogP contribution in [0.2, 0.25) is 18.6 Å². The second-order valence-electron chi connectivity index (χ2n) is 4.63. The van der Waals surface area contributed by atoms with Gasteiger partial charge < -0.3 is 4.74 Å². The van der Waals surface area contributed by atoms with Gasteiger partial charge in [0.1, 0.15) is 0 Å². The molecule has 0 aromatic rings. The monoisotopic (exact) mass is 248 g/mol. The summed E-state index contributed by atoms with van der Waals surface area (Å²) >= 11 is 6.52. The third-order valence-corrected chi connectivity index (χ3v) is 6.31. The highest BCUT2D eigenvalue weighted by molar-refractivity contribution is 7.19. The van der Waals surface area contributed by atoms with Gasteiger partial charge in [-0.05, 0) is 25.4 Å². The normalized spacial score (nSPS) is 14.9. The smallest absolute Gasteiger partial charge is 0.153 e. The Bertz CT molecular complexity index is 180. The van der Waals surface area contributed by atoms with E-state index in [9.17, 15) is 0 Å². The van der Waals surface area contributed by atoms with Crippen molar-refractivity contribution in [3.63, 3.8) is 0 Å². The fraction of sp³-hybridized carbons (Fsp3) is 0.833. The molecule has 0 radical (unpaired) electrons. The van der Waals surface area contributed by atoms with Crippen molar-refractivity contribution in [2.45, 2.75) is 51.7 Å². The third kappa shape index (κ3) is 10.5. The average Bonchev–Trinajstić information content (AvgIpc) is 2.14. The molecule has 0 aromatic carbocycles. The van der Waals surface area contributed by atoms with Crippen LogP contribution in [0.15, 0.2) is 12.2 Å². The number of ether oxygens (including phenoxy) is 1. The topological polar surface area (TPSA) is 9.23 Å². The number of rotatable bonds is 9. The predicted molar refractivity (Wildman–Crippen MR) is 72.2 cm³/mol.